The van der Waals surface area contributed by atoms with Crippen molar-refractivity contribution in [3.05, 3.63) is 18.0 Å². The second-order valence-electron chi connectivity index (χ2n) is 6.30. The van der Waals surface area contributed by atoms with E-state index in [1.807, 2.05) is 0 Å². The topological polar surface area (TPSA) is 114 Å². The number of likely N-dealkylation sites (N-methyl/N-ethyl adjacent to an activating group) is 1. The quantitative estimate of drug-likeness (QED) is 0.533. The van der Waals surface area contributed by atoms with Crippen molar-refractivity contribution in [2.24, 2.45) is 0 Å². The van der Waals surface area contributed by atoms with E-state index in [1.54, 1.807) is 31.3 Å². The molecule has 10 nitrogen and oxygen atoms in total. The van der Waals surface area contributed by atoms with E-state index in [1.165, 1.54) is 10.6 Å². The largest absolute Gasteiger partial charge is 0.465 e. The molecule has 152 valence electrons. The monoisotopic (exact) mass is 401 g/mol. The molecule has 1 aromatic rings. The first-order valence-corrected chi connectivity index (χ1v) is 10.6. The van der Waals surface area contributed by atoms with Gasteiger partial charge in [0.05, 0.1) is 25.6 Å². The maximum absolute atomic E-state index is 11.6. The molecule has 1 fully saturated rings. The lowest BCUT2D eigenvalue weighted by Crippen LogP contribution is -2.48. The van der Waals surface area contributed by atoms with Crippen LogP contribution in [-0.4, -0.2) is 87.5 Å². The summed E-state index contributed by atoms with van der Waals surface area (Å²) in [5.41, 5.74) is 0.874. The van der Waals surface area contributed by atoms with Crippen molar-refractivity contribution in [2.45, 2.75) is 19.6 Å². The molecule has 0 unspecified atom stereocenters. The molecule has 1 aromatic heterocycles. The third-order valence-corrected chi connectivity index (χ3v) is 5.25. The molecule has 1 aliphatic heterocycles. The normalized spacial score (nSPS) is 18.3. The average Bonchev–Trinajstić information content (AvgIpc) is 2.62. The highest BCUT2D eigenvalue weighted by atomic mass is 32.2. The number of esters is 1. The van der Waals surface area contributed by atoms with Gasteiger partial charge in [0, 0.05) is 51.2 Å². The summed E-state index contributed by atoms with van der Waals surface area (Å²) in [5.74, 6) is 0.108. The fraction of sp³-hybridized carbons (Fsp3) is 0.688. The summed E-state index contributed by atoms with van der Waals surface area (Å²) in [7, 11) is -1.47. The average molecular weight is 401 g/mol. The van der Waals surface area contributed by atoms with Gasteiger partial charge in [-0.15, -0.1) is 0 Å². The number of ether oxygens (including phenoxy) is 2. The molecule has 1 aliphatic rings. The molecule has 1 atom stereocenters. The van der Waals surface area contributed by atoms with Crippen molar-refractivity contribution in [2.75, 3.05) is 57.6 Å². The lowest BCUT2D eigenvalue weighted by molar-refractivity contribution is -0.141. The first-order valence-electron chi connectivity index (χ1n) is 8.74. The zero-order valence-corrected chi connectivity index (χ0v) is 16.7. The van der Waals surface area contributed by atoms with Crippen LogP contribution in [0.25, 0.3) is 0 Å². The highest BCUT2D eigenvalue weighted by Gasteiger charge is 2.26. The minimum Gasteiger partial charge on any atom is -0.465 e. The molecule has 0 saturated carbocycles. The Hall–Kier alpha value is -1.82. The highest BCUT2D eigenvalue weighted by molar-refractivity contribution is 7.88. The molecule has 0 bridgehead atoms. The maximum Gasteiger partial charge on any atom is 0.325 e. The predicted octanol–water partition coefficient (Wildman–Crippen LogP) is -0.774. The summed E-state index contributed by atoms with van der Waals surface area (Å²) < 4.78 is 35.2. The fourth-order valence-electron chi connectivity index (χ4n) is 2.60. The van der Waals surface area contributed by atoms with Crippen LogP contribution in [0.15, 0.2) is 12.4 Å². The van der Waals surface area contributed by atoms with Gasteiger partial charge in [0.2, 0.25) is 16.0 Å². The van der Waals surface area contributed by atoms with Crippen molar-refractivity contribution >= 4 is 21.9 Å². The Morgan fingerprint density at radius 2 is 2.15 bits per heavy atom. The van der Waals surface area contributed by atoms with Gasteiger partial charge in [0.15, 0.2) is 0 Å². The summed E-state index contributed by atoms with van der Waals surface area (Å²) in [4.78, 5) is 21.6. The number of hydrogen-bond donors (Lipinski definition) is 1. The van der Waals surface area contributed by atoms with Gasteiger partial charge in [-0.2, -0.15) is 4.31 Å². The number of morpholine rings is 1. The Kier molecular flexibility index (Phi) is 7.90. The molecular weight excluding hydrogens is 374 g/mol. The number of aromatic nitrogens is 2. The van der Waals surface area contributed by atoms with E-state index in [9.17, 15) is 13.2 Å². The van der Waals surface area contributed by atoms with Crippen LogP contribution in [0.4, 0.5) is 5.95 Å². The molecule has 11 heteroatoms. The van der Waals surface area contributed by atoms with Gasteiger partial charge < -0.3 is 19.7 Å². The first-order chi connectivity index (χ1) is 12.8. The van der Waals surface area contributed by atoms with Crippen LogP contribution in [0.3, 0.4) is 0 Å². The van der Waals surface area contributed by atoms with Gasteiger partial charge >= 0.3 is 5.97 Å². The second-order valence-corrected chi connectivity index (χ2v) is 8.28. The Morgan fingerprint density at radius 3 is 2.78 bits per heavy atom. The van der Waals surface area contributed by atoms with Gasteiger partial charge in [0.1, 0.15) is 6.54 Å². The number of anilines is 1. The van der Waals surface area contributed by atoms with Crippen LogP contribution in [0.1, 0.15) is 12.5 Å². The Balaban J connectivity index is 1.77. The number of carbonyl (C=O) groups excluding carboxylic acids is 1. The van der Waals surface area contributed by atoms with Crippen LogP contribution in [0.2, 0.25) is 0 Å². The highest BCUT2D eigenvalue weighted by Crippen LogP contribution is 2.09. The van der Waals surface area contributed by atoms with Crippen molar-refractivity contribution < 1.29 is 22.7 Å². The first kappa shape index (κ1) is 21.5. The van der Waals surface area contributed by atoms with E-state index in [0.29, 0.717) is 45.3 Å². The number of carbonyl (C=O) groups is 1. The fourth-order valence-corrected chi connectivity index (χ4v) is 3.45. The molecule has 0 radical (unpaired) electrons. The van der Waals surface area contributed by atoms with E-state index < -0.39 is 10.0 Å². The van der Waals surface area contributed by atoms with Gasteiger partial charge in [-0.1, -0.05) is 0 Å². The second kappa shape index (κ2) is 9.93. The summed E-state index contributed by atoms with van der Waals surface area (Å²) in [6, 6.07) is 0. The molecular formula is C16H27N5O5S. The molecule has 2 rings (SSSR count). The lowest BCUT2D eigenvalue weighted by Gasteiger charge is -2.31. The van der Waals surface area contributed by atoms with Crippen molar-refractivity contribution in [3.8, 4) is 0 Å². The maximum atomic E-state index is 11.6. The molecule has 0 aliphatic carbocycles. The molecule has 1 N–H and O–H groups in total. The van der Waals surface area contributed by atoms with Gasteiger partial charge in [0.25, 0.3) is 0 Å². The number of hydrogen-bond acceptors (Lipinski definition) is 9. The zero-order valence-electron chi connectivity index (χ0n) is 15.9. The van der Waals surface area contributed by atoms with Gasteiger partial charge in [-0.25, -0.2) is 18.4 Å². The smallest absolute Gasteiger partial charge is 0.325 e. The van der Waals surface area contributed by atoms with E-state index in [2.05, 4.69) is 15.3 Å². The van der Waals surface area contributed by atoms with Crippen LogP contribution in [0.5, 0.6) is 0 Å². The Bertz CT molecular complexity index is 712. The van der Waals surface area contributed by atoms with E-state index >= 15 is 0 Å². The summed E-state index contributed by atoms with van der Waals surface area (Å²) in [6.07, 6.45) is 4.38. The van der Waals surface area contributed by atoms with Crippen molar-refractivity contribution in [1.82, 2.24) is 19.6 Å². The third-order valence-electron chi connectivity index (χ3n) is 3.98. The SMILES string of the molecule is CCOC(=O)CN(C)c1ncc(CNC[C@@H]2CN(S(C)(=O)=O)CCO2)cn1. The predicted molar refractivity (Wildman–Crippen MR) is 99.8 cm³/mol. The van der Waals surface area contributed by atoms with Crippen LogP contribution >= 0.6 is 0 Å². The summed E-state index contributed by atoms with van der Waals surface area (Å²) >= 11 is 0. The summed E-state index contributed by atoms with van der Waals surface area (Å²) in [6.45, 7) is 4.37. The molecule has 0 amide bonds. The molecule has 1 saturated heterocycles. The van der Waals surface area contributed by atoms with Gasteiger partial charge in [-0.05, 0) is 6.92 Å². The van der Waals surface area contributed by atoms with Crippen molar-refractivity contribution in [1.29, 1.82) is 0 Å². The van der Waals surface area contributed by atoms with E-state index in [-0.39, 0.29) is 18.6 Å². The molecule has 0 aromatic carbocycles. The van der Waals surface area contributed by atoms with Gasteiger partial charge in [-0.3, -0.25) is 4.79 Å². The standard InChI is InChI=1S/C16H27N5O5S/c1-4-25-15(22)12-20(2)16-18-8-13(9-19-16)7-17-10-14-11-21(5-6-26-14)27(3,23)24/h8-9,14,17H,4-7,10-12H2,1-3H3/t14-/m1/s1. The molecule has 2 heterocycles. The number of rotatable bonds is 9. The summed E-state index contributed by atoms with van der Waals surface area (Å²) in [5, 5.41) is 3.23. The number of nitrogens with one attached hydrogen (secondary N) is 1. The lowest BCUT2D eigenvalue weighted by atomic mass is 10.3. The molecule has 27 heavy (non-hydrogen) atoms. The number of nitrogens with zero attached hydrogens (tertiary/aromatic N) is 4. The minimum atomic E-state index is -3.19. The van der Waals surface area contributed by atoms with Crippen molar-refractivity contribution in [3.63, 3.8) is 0 Å². The minimum absolute atomic E-state index is 0.0846. The Labute approximate surface area is 159 Å². The van der Waals surface area contributed by atoms with Crippen LogP contribution in [-0.2, 0) is 30.8 Å². The Morgan fingerprint density at radius 1 is 1.44 bits per heavy atom. The molecule has 0 spiro atoms. The number of sulfonamides is 1. The van der Waals surface area contributed by atoms with Crippen LogP contribution in [0, 0.1) is 0 Å². The van der Waals surface area contributed by atoms with E-state index in [4.69, 9.17) is 9.47 Å². The third kappa shape index (κ3) is 7.01. The van der Waals surface area contributed by atoms with Crippen LogP contribution < -0.4 is 10.2 Å². The zero-order chi connectivity index (χ0) is 19.9. The van der Waals surface area contributed by atoms with E-state index in [0.717, 1.165) is 5.56 Å².